The molecule has 2 heterocycles. The van der Waals surface area contributed by atoms with Crippen LogP contribution in [0, 0.1) is 0 Å². The summed E-state index contributed by atoms with van der Waals surface area (Å²) in [5.41, 5.74) is 1.93. The van der Waals surface area contributed by atoms with Gasteiger partial charge in [0.25, 0.3) is 0 Å². The maximum atomic E-state index is 10.3. The van der Waals surface area contributed by atoms with Gasteiger partial charge >= 0.3 is 0 Å². The van der Waals surface area contributed by atoms with Crippen LogP contribution in [-0.2, 0) is 29.0 Å². The molecule has 1 aliphatic rings. The Morgan fingerprint density at radius 3 is 2.93 bits per heavy atom. The fraction of sp³-hybridized carbons (Fsp3) is 0.550. The van der Waals surface area contributed by atoms with E-state index in [1.165, 1.54) is 0 Å². The van der Waals surface area contributed by atoms with E-state index in [-0.39, 0.29) is 12.2 Å². The number of aromatic nitrogens is 1. The summed E-state index contributed by atoms with van der Waals surface area (Å²) >= 11 is 0. The standard InChI is InChI=1S/C20H28N2O5/c1-24-13-17-10-15(22-27-17)9-16-7-8-18(23)20(26-16)12-21-11-14-5-3-4-6-19(14)25-2/h3-6,10,16,18,20-21,23H,7-9,11-13H2,1-2H3/t16-,18-,20+/m0/s1. The van der Waals surface area contributed by atoms with Crippen LogP contribution in [0.5, 0.6) is 5.75 Å². The van der Waals surface area contributed by atoms with Crippen LogP contribution in [0.2, 0.25) is 0 Å². The highest BCUT2D eigenvalue weighted by Gasteiger charge is 2.30. The minimum atomic E-state index is -0.465. The molecule has 2 aromatic rings. The number of rotatable bonds is 9. The summed E-state index contributed by atoms with van der Waals surface area (Å²) < 4.78 is 21.7. The Morgan fingerprint density at radius 1 is 1.26 bits per heavy atom. The van der Waals surface area contributed by atoms with Crippen molar-refractivity contribution in [2.75, 3.05) is 20.8 Å². The van der Waals surface area contributed by atoms with Crippen LogP contribution in [0.1, 0.15) is 29.9 Å². The van der Waals surface area contributed by atoms with Gasteiger partial charge in [-0.1, -0.05) is 23.4 Å². The quantitative estimate of drug-likeness (QED) is 0.693. The number of ether oxygens (including phenoxy) is 3. The molecule has 1 saturated heterocycles. The van der Waals surface area contributed by atoms with Crippen molar-refractivity contribution in [3.63, 3.8) is 0 Å². The molecule has 0 aliphatic carbocycles. The first-order chi connectivity index (χ1) is 13.2. The largest absolute Gasteiger partial charge is 0.496 e. The monoisotopic (exact) mass is 376 g/mol. The highest BCUT2D eigenvalue weighted by molar-refractivity contribution is 5.32. The summed E-state index contributed by atoms with van der Waals surface area (Å²) in [5.74, 6) is 1.56. The van der Waals surface area contributed by atoms with Crippen LogP contribution < -0.4 is 10.1 Å². The number of nitrogens with one attached hydrogen (secondary N) is 1. The molecule has 7 nitrogen and oxygen atoms in total. The van der Waals surface area contributed by atoms with Gasteiger partial charge in [-0.15, -0.1) is 0 Å². The van der Waals surface area contributed by atoms with E-state index in [9.17, 15) is 5.11 Å². The summed E-state index contributed by atoms with van der Waals surface area (Å²) in [6.07, 6.45) is 1.50. The van der Waals surface area contributed by atoms with Crippen molar-refractivity contribution in [1.29, 1.82) is 0 Å². The molecular weight excluding hydrogens is 348 g/mol. The molecular formula is C20H28N2O5. The van der Waals surface area contributed by atoms with Gasteiger partial charge in [-0.05, 0) is 18.9 Å². The van der Waals surface area contributed by atoms with Crippen LogP contribution in [0.4, 0.5) is 0 Å². The molecule has 0 saturated carbocycles. The highest BCUT2D eigenvalue weighted by Crippen LogP contribution is 2.23. The Morgan fingerprint density at radius 2 is 2.11 bits per heavy atom. The molecule has 2 N–H and O–H groups in total. The third-order valence-corrected chi connectivity index (χ3v) is 4.77. The van der Waals surface area contributed by atoms with Gasteiger partial charge in [0.2, 0.25) is 0 Å². The minimum Gasteiger partial charge on any atom is -0.496 e. The second-order valence-corrected chi connectivity index (χ2v) is 6.81. The predicted molar refractivity (Wildman–Crippen MR) is 99.5 cm³/mol. The summed E-state index contributed by atoms with van der Waals surface area (Å²) in [5, 5.41) is 17.7. The molecule has 1 fully saturated rings. The normalized spacial score (nSPS) is 22.7. The van der Waals surface area contributed by atoms with Crippen molar-refractivity contribution in [1.82, 2.24) is 10.5 Å². The van der Waals surface area contributed by atoms with E-state index < -0.39 is 6.10 Å². The van der Waals surface area contributed by atoms with Crippen molar-refractivity contribution < 1.29 is 23.8 Å². The Labute approximate surface area is 159 Å². The zero-order chi connectivity index (χ0) is 19.1. The number of methoxy groups -OCH3 is 2. The molecule has 1 aromatic heterocycles. The van der Waals surface area contributed by atoms with E-state index in [0.717, 1.165) is 23.4 Å². The number of hydrogen-bond donors (Lipinski definition) is 2. The Kier molecular flexibility index (Phi) is 7.23. The molecule has 0 unspecified atom stereocenters. The van der Waals surface area contributed by atoms with Gasteiger partial charge in [0, 0.05) is 38.2 Å². The van der Waals surface area contributed by atoms with Crippen molar-refractivity contribution in [3.8, 4) is 5.75 Å². The maximum absolute atomic E-state index is 10.3. The van der Waals surface area contributed by atoms with Gasteiger partial charge in [-0.2, -0.15) is 0 Å². The van der Waals surface area contributed by atoms with Gasteiger partial charge in [0.15, 0.2) is 5.76 Å². The molecule has 3 atom stereocenters. The number of hydrogen-bond acceptors (Lipinski definition) is 7. The number of aliphatic hydroxyl groups excluding tert-OH is 1. The topological polar surface area (TPSA) is 86.0 Å². The zero-order valence-electron chi connectivity index (χ0n) is 15.9. The average molecular weight is 376 g/mol. The smallest absolute Gasteiger partial charge is 0.162 e. The van der Waals surface area contributed by atoms with Crippen LogP contribution in [0.3, 0.4) is 0 Å². The minimum absolute atomic E-state index is 0.0203. The van der Waals surface area contributed by atoms with Crippen molar-refractivity contribution >= 4 is 0 Å². The Bertz CT molecular complexity index is 705. The number of nitrogens with zero attached hydrogens (tertiary/aromatic N) is 1. The van der Waals surface area contributed by atoms with E-state index in [1.54, 1.807) is 14.2 Å². The first-order valence-electron chi connectivity index (χ1n) is 9.29. The summed E-state index contributed by atoms with van der Waals surface area (Å²) in [7, 11) is 3.29. The molecule has 3 rings (SSSR count). The Hall–Kier alpha value is -1.93. The van der Waals surface area contributed by atoms with Crippen molar-refractivity contribution in [2.24, 2.45) is 0 Å². The second kappa shape index (κ2) is 9.85. The lowest BCUT2D eigenvalue weighted by atomic mass is 9.98. The van der Waals surface area contributed by atoms with Crippen LogP contribution in [0.15, 0.2) is 34.9 Å². The lowest BCUT2D eigenvalue weighted by Crippen LogP contribution is -2.45. The van der Waals surface area contributed by atoms with Gasteiger partial charge in [0.1, 0.15) is 12.4 Å². The zero-order valence-corrected chi connectivity index (χ0v) is 15.9. The lowest BCUT2D eigenvalue weighted by molar-refractivity contribution is -0.115. The fourth-order valence-corrected chi connectivity index (χ4v) is 3.38. The first-order valence-corrected chi connectivity index (χ1v) is 9.29. The molecule has 0 bridgehead atoms. The summed E-state index contributed by atoms with van der Waals surface area (Å²) in [4.78, 5) is 0. The summed E-state index contributed by atoms with van der Waals surface area (Å²) in [6, 6.07) is 9.79. The molecule has 1 aromatic carbocycles. The average Bonchev–Trinajstić information content (AvgIpc) is 3.12. The Balaban J connectivity index is 1.49. The third kappa shape index (κ3) is 5.52. The van der Waals surface area contributed by atoms with Gasteiger partial charge < -0.3 is 29.2 Å². The van der Waals surface area contributed by atoms with Crippen LogP contribution >= 0.6 is 0 Å². The lowest BCUT2D eigenvalue weighted by Gasteiger charge is -2.34. The van der Waals surface area contributed by atoms with E-state index in [0.29, 0.717) is 38.3 Å². The molecule has 0 spiro atoms. The van der Waals surface area contributed by atoms with E-state index in [2.05, 4.69) is 10.5 Å². The maximum Gasteiger partial charge on any atom is 0.162 e. The molecule has 1 aliphatic heterocycles. The highest BCUT2D eigenvalue weighted by atomic mass is 16.5. The SMILES string of the molecule is COCc1cc(C[C@@H]2CC[C@H](O)[C@@H](CNCc3ccccc3OC)O2)no1. The van der Waals surface area contributed by atoms with E-state index in [4.69, 9.17) is 18.7 Å². The number of benzene rings is 1. The van der Waals surface area contributed by atoms with Crippen molar-refractivity contribution in [2.45, 2.75) is 50.7 Å². The third-order valence-electron chi connectivity index (χ3n) is 4.77. The van der Waals surface area contributed by atoms with Crippen molar-refractivity contribution in [3.05, 3.63) is 47.3 Å². The predicted octanol–water partition coefficient (Wildman–Crippen LogP) is 2.07. The fourth-order valence-electron chi connectivity index (χ4n) is 3.38. The second-order valence-electron chi connectivity index (χ2n) is 6.81. The van der Waals surface area contributed by atoms with E-state index in [1.807, 2.05) is 30.3 Å². The molecule has 27 heavy (non-hydrogen) atoms. The number of para-hydroxylation sites is 1. The molecule has 0 radical (unpaired) electrons. The summed E-state index contributed by atoms with van der Waals surface area (Å²) in [6.45, 7) is 1.64. The van der Waals surface area contributed by atoms with Crippen LogP contribution in [-0.4, -0.2) is 49.3 Å². The molecule has 0 amide bonds. The van der Waals surface area contributed by atoms with Gasteiger partial charge in [0.05, 0.1) is 31.1 Å². The van der Waals surface area contributed by atoms with Gasteiger partial charge in [-0.3, -0.25) is 0 Å². The first kappa shape index (κ1) is 19.8. The van der Waals surface area contributed by atoms with E-state index >= 15 is 0 Å². The molecule has 7 heteroatoms. The number of aliphatic hydroxyl groups is 1. The molecule has 148 valence electrons. The van der Waals surface area contributed by atoms with Crippen LogP contribution in [0.25, 0.3) is 0 Å². The van der Waals surface area contributed by atoms with Gasteiger partial charge in [-0.25, -0.2) is 0 Å².